The van der Waals surface area contributed by atoms with Crippen molar-refractivity contribution in [3.8, 4) is 11.4 Å². The molecule has 3 heterocycles. The highest BCUT2D eigenvalue weighted by molar-refractivity contribution is 5.46. The van der Waals surface area contributed by atoms with Gasteiger partial charge in [-0.3, -0.25) is 14.3 Å². The van der Waals surface area contributed by atoms with E-state index in [1.165, 1.54) is 22.4 Å². The molecule has 2 N–H and O–H groups in total. The summed E-state index contributed by atoms with van der Waals surface area (Å²) in [4.78, 5) is 25.4. The Morgan fingerprint density at radius 2 is 1.91 bits per heavy atom. The Kier molecular flexibility index (Phi) is 3.34. The number of rotatable bonds is 1. The first-order valence-electron chi connectivity index (χ1n) is 8.00. The molecule has 0 unspecified atom stereocenters. The lowest BCUT2D eigenvalue weighted by Crippen LogP contribution is -2.48. The Morgan fingerprint density at radius 3 is 2.70 bits per heavy atom. The number of hydrogen-bond donors (Lipinski definition) is 2. The van der Waals surface area contributed by atoms with Gasteiger partial charge in [0.15, 0.2) is 0 Å². The smallest absolute Gasteiger partial charge is 0.332 e. The van der Waals surface area contributed by atoms with Crippen LogP contribution in [0.4, 0.5) is 0 Å². The molecule has 2 aliphatic rings. The zero-order chi connectivity index (χ0) is 15.9. The van der Waals surface area contributed by atoms with Gasteiger partial charge in [0, 0.05) is 18.3 Å². The summed E-state index contributed by atoms with van der Waals surface area (Å²) in [6.45, 7) is 1.96. The largest absolute Gasteiger partial charge is 0.487 e. The molecule has 2 aliphatic heterocycles. The first kappa shape index (κ1) is 14.3. The summed E-state index contributed by atoms with van der Waals surface area (Å²) in [6.07, 6.45) is 5.55. The monoisotopic (exact) mass is 313 g/mol. The van der Waals surface area contributed by atoms with Crippen LogP contribution in [-0.2, 0) is 6.42 Å². The molecule has 1 spiro atoms. The van der Waals surface area contributed by atoms with Crippen molar-refractivity contribution in [1.29, 1.82) is 0 Å². The minimum absolute atomic E-state index is 0.0766. The highest BCUT2D eigenvalue weighted by atomic mass is 16.5. The van der Waals surface area contributed by atoms with Crippen LogP contribution in [0, 0.1) is 0 Å². The van der Waals surface area contributed by atoms with Crippen LogP contribution in [0.5, 0.6) is 5.75 Å². The highest BCUT2D eigenvalue weighted by Gasteiger charge is 2.37. The van der Waals surface area contributed by atoms with Crippen molar-refractivity contribution >= 4 is 0 Å². The molecule has 0 amide bonds. The molecule has 1 aromatic heterocycles. The molecule has 0 saturated carbocycles. The number of fused-ring (bicyclic) bond motifs is 1. The minimum atomic E-state index is -0.440. The number of aromatic nitrogens is 2. The zero-order valence-corrected chi connectivity index (χ0v) is 12.8. The number of piperidine rings is 1. The summed E-state index contributed by atoms with van der Waals surface area (Å²) < 4.78 is 7.78. The van der Waals surface area contributed by atoms with E-state index in [-0.39, 0.29) is 5.60 Å². The lowest BCUT2D eigenvalue weighted by atomic mass is 9.83. The molecular weight excluding hydrogens is 294 g/mol. The molecule has 6 nitrogen and oxygen atoms in total. The average Bonchev–Trinajstić information content (AvgIpc) is 2.55. The van der Waals surface area contributed by atoms with Gasteiger partial charge in [-0.2, -0.15) is 0 Å². The van der Waals surface area contributed by atoms with Crippen molar-refractivity contribution in [3.63, 3.8) is 0 Å². The van der Waals surface area contributed by atoms with Crippen LogP contribution in [0.3, 0.4) is 0 Å². The van der Waals surface area contributed by atoms with Crippen molar-refractivity contribution in [2.75, 3.05) is 13.1 Å². The molecular formula is C17H19N3O3. The Morgan fingerprint density at radius 1 is 1.09 bits per heavy atom. The van der Waals surface area contributed by atoms with E-state index < -0.39 is 11.2 Å². The molecule has 23 heavy (non-hydrogen) atoms. The number of aryl methyl sites for hydroxylation is 1. The van der Waals surface area contributed by atoms with E-state index in [4.69, 9.17) is 4.74 Å². The second-order valence-electron chi connectivity index (χ2n) is 6.31. The van der Waals surface area contributed by atoms with Crippen LogP contribution in [0.15, 0.2) is 40.1 Å². The molecule has 2 aromatic rings. The van der Waals surface area contributed by atoms with Gasteiger partial charge in [0.25, 0.3) is 5.56 Å². The van der Waals surface area contributed by atoms with Gasteiger partial charge in [0.2, 0.25) is 0 Å². The number of nitrogens with zero attached hydrogens (tertiary/aromatic N) is 1. The molecule has 0 radical (unpaired) electrons. The van der Waals surface area contributed by atoms with Crippen molar-refractivity contribution in [2.45, 2.75) is 31.3 Å². The predicted octanol–water partition coefficient (Wildman–Crippen LogP) is 0.973. The summed E-state index contributed by atoms with van der Waals surface area (Å²) >= 11 is 0. The number of aromatic amines is 1. The van der Waals surface area contributed by atoms with E-state index in [1.54, 1.807) is 0 Å². The number of benzene rings is 1. The number of hydrogen-bond acceptors (Lipinski definition) is 4. The number of H-pyrrole nitrogens is 1. The Bertz CT molecular complexity index is 847. The lowest BCUT2D eigenvalue weighted by Gasteiger charge is -2.41. The van der Waals surface area contributed by atoms with Gasteiger partial charge >= 0.3 is 5.69 Å². The van der Waals surface area contributed by atoms with Crippen LogP contribution < -0.4 is 21.3 Å². The van der Waals surface area contributed by atoms with Crippen LogP contribution >= 0.6 is 0 Å². The van der Waals surface area contributed by atoms with Crippen LogP contribution in [0.25, 0.3) is 5.69 Å². The van der Waals surface area contributed by atoms with Gasteiger partial charge in [0.05, 0.1) is 5.69 Å². The standard InChI is InChI=1S/C17H19N3O3/c21-15-4-10-20(16(22)19-15)13-2-1-12-3-5-17(23-14(12)11-13)6-8-18-9-7-17/h1-2,4,10-11,18H,3,5-9H2,(H,19,21,22). The lowest BCUT2D eigenvalue weighted by molar-refractivity contribution is 0.0170. The molecule has 1 fully saturated rings. The molecule has 1 aromatic carbocycles. The topological polar surface area (TPSA) is 76.1 Å². The van der Waals surface area contributed by atoms with Gasteiger partial charge in [-0.05, 0) is 50.4 Å². The normalized spacial score (nSPS) is 19.1. The van der Waals surface area contributed by atoms with E-state index in [9.17, 15) is 9.59 Å². The third-order valence-electron chi connectivity index (χ3n) is 4.84. The number of ether oxygens (including phenoxy) is 1. The molecule has 0 atom stereocenters. The summed E-state index contributed by atoms with van der Waals surface area (Å²) in [5, 5.41) is 3.37. The van der Waals surface area contributed by atoms with Gasteiger partial charge in [-0.15, -0.1) is 0 Å². The van der Waals surface area contributed by atoms with Gasteiger partial charge in [-0.25, -0.2) is 4.79 Å². The fourth-order valence-electron chi connectivity index (χ4n) is 3.50. The Balaban J connectivity index is 1.72. The van der Waals surface area contributed by atoms with Crippen LogP contribution in [0.1, 0.15) is 24.8 Å². The summed E-state index contributed by atoms with van der Waals surface area (Å²) in [5.41, 5.74) is 0.970. The van der Waals surface area contributed by atoms with Gasteiger partial charge < -0.3 is 10.1 Å². The maximum absolute atomic E-state index is 12.0. The maximum Gasteiger partial charge on any atom is 0.332 e. The fourth-order valence-corrected chi connectivity index (χ4v) is 3.50. The van der Waals surface area contributed by atoms with E-state index in [0.717, 1.165) is 44.5 Å². The van der Waals surface area contributed by atoms with Gasteiger partial charge in [-0.1, -0.05) is 6.07 Å². The summed E-state index contributed by atoms with van der Waals surface area (Å²) in [7, 11) is 0. The third kappa shape index (κ3) is 2.59. The SMILES string of the molecule is O=c1ccn(-c2ccc3c(c2)OC2(CCNCC2)CC3)c(=O)[nH]1. The van der Waals surface area contributed by atoms with E-state index in [0.29, 0.717) is 5.69 Å². The second kappa shape index (κ2) is 5.38. The summed E-state index contributed by atoms with van der Waals surface area (Å²) in [5.74, 6) is 0.855. The number of nitrogens with one attached hydrogen (secondary N) is 2. The average molecular weight is 313 g/mol. The van der Waals surface area contributed by atoms with E-state index in [1.807, 2.05) is 18.2 Å². The van der Waals surface area contributed by atoms with Gasteiger partial charge in [0.1, 0.15) is 11.4 Å². The Labute approximate surface area is 133 Å². The second-order valence-corrected chi connectivity index (χ2v) is 6.31. The fraction of sp³-hybridized carbons (Fsp3) is 0.412. The molecule has 6 heteroatoms. The van der Waals surface area contributed by atoms with Crippen LogP contribution in [0.2, 0.25) is 0 Å². The van der Waals surface area contributed by atoms with E-state index in [2.05, 4.69) is 10.3 Å². The molecule has 120 valence electrons. The van der Waals surface area contributed by atoms with Crippen LogP contribution in [-0.4, -0.2) is 28.2 Å². The van der Waals surface area contributed by atoms with Crippen molar-refractivity contribution in [3.05, 3.63) is 56.9 Å². The van der Waals surface area contributed by atoms with Crippen molar-refractivity contribution in [1.82, 2.24) is 14.9 Å². The first-order valence-corrected chi connectivity index (χ1v) is 8.00. The van der Waals surface area contributed by atoms with Crippen molar-refractivity contribution < 1.29 is 4.74 Å². The minimum Gasteiger partial charge on any atom is -0.487 e. The third-order valence-corrected chi connectivity index (χ3v) is 4.84. The molecule has 4 rings (SSSR count). The summed E-state index contributed by atoms with van der Waals surface area (Å²) in [6, 6.07) is 7.15. The molecule has 0 aliphatic carbocycles. The van der Waals surface area contributed by atoms with Crippen molar-refractivity contribution in [2.24, 2.45) is 0 Å². The predicted molar refractivity (Wildman–Crippen MR) is 86.4 cm³/mol. The Hall–Kier alpha value is -2.34. The quantitative estimate of drug-likeness (QED) is 0.823. The molecule has 0 bridgehead atoms. The molecule has 1 saturated heterocycles. The zero-order valence-electron chi connectivity index (χ0n) is 12.8. The highest BCUT2D eigenvalue weighted by Crippen LogP contribution is 2.38. The van der Waals surface area contributed by atoms with E-state index >= 15 is 0 Å². The maximum atomic E-state index is 12.0. The first-order chi connectivity index (χ1) is 11.2.